The molecule has 0 atom stereocenters. The summed E-state index contributed by atoms with van der Waals surface area (Å²) in [5.41, 5.74) is 5.53. The van der Waals surface area contributed by atoms with Crippen LogP contribution in [0.1, 0.15) is 5.56 Å². The second-order valence-electron chi connectivity index (χ2n) is 3.88. The summed E-state index contributed by atoms with van der Waals surface area (Å²) in [6, 6.07) is 9.08. The zero-order chi connectivity index (χ0) is 14.7. The Labute approximate surface area is 113 Å². The largest absolute Gasteiger partial charge is 0.454 e. The minimum absolute atomic E-state index is 0.0420. The van der Waals surface area contributed by atoms with E-state index in [-0.39, 0.29) is 28.4 Å². The van der Waals surface area contributed by atoms with E-state index in [1.54, 1.807) is 6.07 Å². The molecule has 0 radical (unpaired) electrons. The van der Waals surface area contributed by atoms with Gasteiger partial charge in [-0.1, -0.05) is 0 Å². The van der Waals surface area contributed by atoms with Crippen LogP contribution in [-0.4, -0.2) is 4.92 Å². The van der Waals surface area contributed by atoms with Gasteiger partial charge in [-0.3, -0.25) is 10.1 Å². The SMILES string of the molecule is N#Cc1ccc(Oc2cc(N)cc([N+](=O)[O-])c2)c(F)c1. The van der Waals surface area contributed by atoms with E-state index in [1.807, 2.05) is 0 Å². The lowest BCUT2D eigenvalue weighted by molar-refractivity contribution is -0.384. The molecule has 0 unspecified atom stereocenters. The molecule has 20 heavy (non-hydrogen) atoms. The number of rotatable bonds is 3. The topological polar surface area (TPSA) is 102 Å². The fourth-order valence-corrected chi connectivity index (χ4v) is 1.55. The Morgan fingerprint density at radius 2 is 2.05 bits per heavy atom. The molecule has 0 aliphatic rings. The number of anilines is 1. The van der Waals surface area contributed by atoms with Crippen LogP contribution in [0.4, 0.5) is 15.8 Å². The number of halogens is 1. The molecule has 0 spiro atoms. The molecule has 0 aromatic heterocycles. The Balaban J connectivity index is 2.35. The van der Waals surface area contributed by atoms with Crippen molar-refractivity contribution in [2.75, 3.05) is 5.73 Å². The van der Waals surface area contributed by atoms with Gasteiger partial charge in [0.05, 0.1) is 22.6 Å². The molecule has 7 heteroatoms. The van der Waals surface area contributed by atoms with Crippen molar-refractivity contribution in [1.82, 2.24) is 0 Å². The molecule has 2 aromatic carbocycles. The van der Waals surface area contributed by atoms with Gasteiger partial charge in [0.15, 0.2) is 11.6 Å². The molecule has 2 N–H and O–H groups in total. The van der Waals surface area contributed by atoms with Crippen molar-refractivity contribution in [2.45, 2.75) is 0 Å². The van der Waals surface area contributed by atoms with Gasteiger partial charge in [-0.25, -0.2) is 4.39 Å². The zero-order valence-corrected chi connectivity index (χ0v) is 10.0. The molecule has 0 amide bonds. The quantitative estimate of drug-likeness (QED) is 0.526. The summed E-state index contributed by atoms with van der Waals surface area (Å²) < 4.78 is 18.9. The smallest absolute Gasteiger partial charge is 0.275 e. The highest BCUT2D eigenvalue weighted by Crippen LogP contribution is 2.30. The third-order valence-electron chi connectivity index (χ3n) is 2.41. The van der Waals surface area contributed by atoms with E-state index in [2.05, 4.69) is 0 Å². The van der Waals surface area contributed by atoms with Crippen LogP contribution in [0.25, 0.3) is 0 Å². The number of hydrogen-bond donors (Lipinski definition) is 1. The van der Waals surface area contributed by atoms with Crippen molar-refractivity contribution < 1.29 is 14.1 Å². The molecule has 100 valence electrons. The van der Waals surface area contributed by atoms with Gasteiger partial charge >= 0.3 is 0 Å². The first-order valence-corrected chi connectivity index (χ1v) is 5.42. The van der Waals surface area contributed by atoms with E-state index in [0.29, 0.717) is 0 Å². The summed E-state index contributed by atoms with van der Waals surface area (Å²) >= 11 is 0. The van der Waals surface area contributed by atoms with Crippen molar-refractivity contribution in [3.05, 3.63) is 57.9 Å². The van der Waals surface area contributed by atoms with E-state index in [9.17, 15) is 14.5 Å². The number of nitrogens with zero attached hydrogens (tertiary/aromatic N) is 2. The molecule has 2 rings (SSSR count). The van der Waals surface area contributed by atoms with E-state index in [0.717, 1.165) is 12.1 Å². The van der Waals surface area contributed by atoms with Crippen molar-refractivity contribution in [1.29, 1.82) is 5.26 Å². The average molecular weight is 273 g/mol. The van der Waals surface area contributed by atoms with E-state index >= 15 is 0 Å². The lowest BCUT2D eigenvalue weighted by Crippen LogP contribution is -1.95. The minimum atomic E-state index is -0.742. The van der Waals surface area contributed by atoms with E-state index in [4.69, 9.17) is 15.7 Å². The molecule has 0 aliphatic carbocycles. The number of nitrogen functional groups attached to an aromatic ring is 1. The Kier molecular flexibility index (Phi) is 3.48. The third kappa shape index (κ3) is 2.81. The minimum Gasteiger partial charge on any atom is -0.454 e. The number of nitro groups is 1. The number of ether oxygens (including phenoxy) is 1. The van der Waals surface area contributed by atoms with Gasteiger partial charge in [0.2, 0.25) is 0 Å². The lowest BCUT2D eigenvalue weighted by Gasteiger charge is -2.07. The van der Waals surface area contributed by atoms with Crippen molar-refractivity contribution >= 4 is 11.4 Å². The van der Waals surface area contributed by atoms with Gasteiger partial charge in [0, 0.05) is 17.8 Å². The van der Waals surface area contributed by atoms with Crippen LogP contribution in [0.5, 0.6) is 11.5 Å². The molecule has 2 aromatic rings. The first-order valence-electron chi connectivity index (χ1n) is 5.42. The van der Waals surface area contributed by atoms with Gasteiger partial charge < -0.3 is 10.5 Å². The highest BCUT2D eigenvalue weighted by molar-refractivity contribution is 5.54. The highest BCUT2D eigenvalue weighted by Gasteiger charge is 2.12. The maximum atomic E-state index is 13.6. The first kappa shape index (κ1) is 13.3. The Morgan fingerprint density at radius 1 is 1.30 bits per heavy atom. The highest BCUT2D eigenvalue weighted by atomic mass is 19.1. The van der Waals surface area contributed by atoms with E-state index < -0.39 is 10.7 Å². The molecular formula is C13H8FN3O3. The maximum Gasteiger partial charge on any atom is 0.275 e. The summed E-state index contributed by atoms with van der Waals surface area (Å²) in [6.07, 6.45) is 0. The van der Waals surface area contributed by atoms with Crippen LogP contribution >= 0.6 is 0 Å². The number of nitro benzene ring substituents is 1. The summed E-state index contributed by atoms with van der Waals surface area (Å²) in [5.74, 6) is -0.849. The molecule has 6 nitrogen and oxygen atoms in total. The van der Waals surface area contributed by atoms with E-state index in [1.165, 1.54) is 24.3 Å². The van der Waals surface area contributed by atoms with Crippen molar-refractivity contribution in [2.24, 2.45) is 0 Å². The van der Waals surface area contributed by atoms with Crippen LogP contribution in [0, 0.1) is 27.3 Å². The molecule has 0 fully saturated rings. The van der Waals surface area contributed by atoms with Crippen LogP contribution in [0.2, 0.25) is 0 Å². The fourth-order valence-electron chi connectivity index (χ4n) is 1.55. The monoisotopic (exact) mass is 273 g/mol. The Bertz CT molecular complexity index is 725. The predicted octanol–water partition coefficient (Wildman–Crippen LogP) is 2.98. The predicted molar refractivity (Wildman–Crippen MR) is 68.7 cm³/mol. The van der Waals surface area contributed by atoms with Gasteiger partial charge in [0.1, 0.15) is 5.75 Å². The number of non-ortho nitro benzene ring substituents is 1. The standard InChI is InChI=1S/C13H8FN3O3/c14-12-3-8(7-15)1-2-13(12)20-11-5-9(16)4-10(6-11)17(18)19/h1-6H,16H2. The van der Waals surface area contributed by atoms with Crippen molar-refractivity contribution in [3.8, 4) is 17.6 Å². The van der Waals surface area contributed by atoms with Crippen LogP contribution in [-0.2, 0) is 0 Å². The molecule has 0 aliphatic heterocycles. The van der Waals surface area contributed by atoms with Crippen LogP contribution in [0.15, 0.2) is 36.4 Å². The second kappa shape index (κ2) is 5.24. The molecule has 0 bridgehead atoms. The zero-order valence-electron chi connectivity index (χ0n) is 10.0. The van der Waals surface area contributed by atoms with Crippen LogP contribution < -0.4 is 10.5 Å². The van der Waals surface area contributed by atoms with Crippen LogP contribution in [0.3, 0.4) is 0 Å². The number of nitrogens with two attached hydrogens (primary N) is 1. The summed E-state index contributed by atoms with van der Waals surface area (Å²) in [7, 11) is 0. The summed E-state index contributed by atoms with van der Waals surface area (Å²) in [4.78, 5) is 10.1. The summed E-state index contributed by atoms with van der Waals surface area (Å²) in [6.45, 7) is 0. The molecule has 0 saturated carbocycles. The molecular weight excluding hydrogens is 265 g/mol. The average Bonchev–Trinajstić information content (AvgIpc) is 2.40. The normalized spacial score (nSPS) is 9.80. The lowest BCUT2D eigenvalue weighted by atomic mass is 10.2. The Hall–Kier alpha value is -3.14. The van der Waals surface area contributed by atoms with Gasteiger partial charge in [-0.2, -0.15) is 5.26 Å². The first-order chi connectivity index (χ1) is 9.49. The van der Waals surface area contributed by atoms with Crippen molar-refractivity contribution in [3.63, 3.8) is 0 Å². The van der Waals surface area contributed by atoms with Gasteiger partial charge in [0.25, 0.3) is 5.69 Å². The number of hydrogen-bond acceptors (Lipinski definition) is 5. The second-order valence-corrected chi connectivity index (χ2v) is 3.88. The number of benzene rings is 2. The molecule has 0 saturated heterocycles. The van der Waals surface area contributed by atoms with Gasteiger partial charge in [-0.05, 0) is 18.2 Å². The molecule has 0 heterocycles. The number of nitriles is 1. The fraction of sp³-hybridized carbons (Fsp3) is 0. The van der Waals surface area contributed by atoms with Gasteiger partial charge in [-0.15, -0.1) is 0 Å². The maximum absolute atomic E-state index is 13.6. The Morgan fingerprint density at radius 3 is 2.65 bits per heavy atom. The third-order valence-corrected chi connectivity index (χ3v) is 2.41. The summed E-state index contributed by atoms with van der Waals surface area (Å²) in [5, 5.41) is 19.3.